The highest BCUT2D eigenvalue weighted by Crippen LogP contribution is 2.22. The van der Waals surface area contributed by atoms with Crippen molar-refractivity contribution >= 4 is 17.3 Å². The molecule has 1 aromatic carbocycles. The summed E-state index contributed by atoms with van der Waals surface area (Å²) in [7, 11) is 0. The molecule has 1 aromatic heterocycles. The van der Waals surface area contributed by atoms with E-state index < -0.39 is 24.1 Å². The standard InChI is InChI=1S/C12H11F3N4O2/c13-9-3-8(1-2-10(9)21-12(14)15)18-11(20)6-19-5-7(16)4-17-19/h1-5,12H,6,16H2,(H,18,20). The van der Waals surface area contributed by atoms with Crippen molar-refractivity contribution in [3.8, 4) is 5.75 Å². The van der Waals surface area contributed by atoms with Crippen molar-refractivity contribution in [2.24, 2.45) is 0 Å². The first-order valence-electron chi connectivity index (χ1n) is 5.76. The third-order valence-corrected chi connectivity index (χ3v) is 2.39. The van der Waals surface area contributed by atoms with Crippen LogP contribution in [0.5, 0.6) is 5.75 Å². The Bertz CT molecular complexity index is 645. The second-order valence-corrected chi connectivity index (χ2v) is 4.04. The van der Waals surface area contributed by atoms with Crippen LogP contribution in [0.25, 0.3) is 0 Å². The fraction of sp³-hybridized carbons (Fsp3) is 0.167. The van der Waals surface area contributed by atoms with Gasteiger partial charge in [0.25, 0.3) is 0 Å². The summed E-state index contributed by atoms with van der Waals surface area (Å²) in [5.74, 6) is -2.07. The molecule has 21 heavy (non-hydrogen) atoms. The SMILES string of the molecule is Nc1cnn(CC(=O)Nc2ccc(OC(F)F)c(F)c2)c1. The molecule has 0 aliphatic rings. The summed E-state index contributed by atoms with van der Waals surface area (Å²) < 4.78 is 42.7. The first kappa shape index (κ1) is 14.7. The van der Waals surface area contributed by atoms with E-state index in [1.54, 1.807) is 0 Å². The zero-order valence-electron chi connectivity index (χ0n) is 10.6. The van der Waals surface area contributed by atoms with Crippen LogP contribution in [0.1, 0.15) is 0 Å². The molecular weight excluding hydrogens is 289 g/mol. The maximum absolute atomic E-state index is 13.4. The van der Waals surface area contributed by atoms with Crippen molar-refractivity contribution < 1.29 is 22.7 Å². The van der Waals surface area contributed by atoms with Crippen molar-refractivity contribution in [3.63, 3.8) is 0 Å². The smallest absolute Gasteiger partial charge is 0.387 e. The molecule has 1 heterocycles. The molecule has 1 amide bonds. The van der Waals surface area contributed by atoms with E-state index in [9.17, 15) is 18.0 Å². The van der Waals surface area contributed by atoms with E-state index in [0.29, 0.717) is 5.69 Å². The predicted molar refractivity (Wildman–Crippen MR) is 68.3 cm³/mol. The van der Waals surface area contributed by atoms with Crippen LogP contribution >= 0.6 is 0 Å². The Kier molecular flexibility index (Phi) is 4.31. The first-order valence-corrected chi connectivity index (χ1v) is 5.76. The number of aromatic nitrogens is 2. The molecule has 9 heteroatoms. The molecule has 0 fully saturated rings. The maximum Gasteiger partial charge on any atom is 0.387 e. The third kappa shape index (κ3) is 4.13. The van der Waals surface area contributed by atoms with Crippen molar-refractivity contribution in [1.82, 2.24) is 9.78 Å². The van der Waals surface area contributed by atoms with Crippen LogP contribution in [-0.4, -0.2) is 22.3 Å². The minimum absolute atomic E-state index is 0.110. The van der Waals surface area contributed by atoms with Gasteiger partial charge in [-0.25, -0.2) is 4.39 Å². The molecule has 6 nitrogen and oxygen atoms in total. The minimum atomic E-state index is -3.12. The summed E-state index contributed by atoms with van der Waals surface area (Å²) in [6, 6.07) is 3.13. The van der Waals surface area contributed by atoms with Gasteiger partial charge in [-0.05, 0) is 12.1 Å². The largest absolute Gasteiger partial charge is 0.432 e. The Hall–Kier alpha value is -2.71. The van der Waals surface area contributed by atoms with Gasteiger partial charge in [0.15, 0.2) is 11.6 Å². The lowest BCUT2D eigenvalue weighted by Crippen LogP contribution is -2.19. The number of carbonyl (C=O) groups excluding carboxylic acids is 1. The highest BCUT2D eigenvalue weighted by atomic mass is 19.3. The highest BCUT2D eigenvalue weighted by Gasteiger charge is 2.11. The topological polar surface area (TPSA) is 82.2 Å². The van der Waals surface area contributed by atoms with E-state index in [2.05, 4.69) is 15.2 Å². The average molecular weight is 300 g/mol. The molecular formula is C12H11F3N4O2. The Morgan fingerprint density at radius 3 is 2.81 bits per heavy atom. The van der Waals surface area contributed by atoms with Gasteiger partial charge >= 0.3 is 6.61 Å². The molecule has 0 radical (unpaired) electrons. The lowest BCUT2D eigenvalue weighted by atomic mass is 10.3. The van der Waals surface area contributed by atoms with E-state index in [-0.39, 0.29) is 12.2 Å². The summed E-state index contributed by atoms with van der Waals surface area (Å²) in [5.41, 5.74) is 5.96. The molecule has 0 bridgehead atoms. The average Bonchev–Trinajstić information content (AvgIpc) is 2.77. The van der Waals surface area contributed by atoms with Gasteiger partial charge in [0, 0.05) is 18.0 Å². The minimum Gasteiger partial charge on any atom is -0.432 e. The van der Waals surface area contributed by atoms with E-state index in [4.69, 9.17) is 5.73 Å². The monoisotopic (exact) mass is 300 g/mol. The summed E-state index contributed by atoms with van der Waals surface area (Å²) in [6.07, 6.45) is 2.84. The Morgan fingerprint density at radius 1 is 1.48 bits per heavy atom. The van der Waals surface area contributed by atoms with Crippen molar-refractivity contribution in [3.05, 3.63) is 36.4 Å². The fourth-order valence-corrected chi connectivity index (χ4v) is 1.58. The number of anilines is 2. The van der Waals surface area contributed by atoms with Crippen molar-refractivity contribution in [2.75, 3.05) is 11.1 Å². The van der Waals surface area contributed by atoms with Gasteiger partial charge in [-0.2, -0.15) is 13.9 Å². The number of nitrogens with one attached hydrogen (secondary N) is 1. The number of carbonyl (C=O) groups is 1. The number of rotatable bonds is 5. The van der Waals surface area contributed by atoms with Crippen molar-refractivity contribution in [1.29, 1.82) is 0 Å². The number of alkyl halides is 2. The predicted octanol–water partition coefficient (Wildman–Crippen LogP) is 1.84. The number of hydrogen-bond donors (Lipinski definition) is 2. The number of benzene rings is 1. The van der Waals surface area contributed by atoms with Crippen LogP contribution in [0.3, 0.4) is 0 Å². The van der Waals surface area contributed by atoms with Crippen LogP contribution in [0.2, 0.25) is 0 Å². The van der Waals surface area contributed by atoms with E-state index in [0.717, 1.165) is 12.1 Å². The number of nitrogens with two attached hydrogens (primary N) is 1. The van der Waals surface area contributed by atoms with Crippen molar-refractivity contribution in [2.45, 2.75) is 13.2 Å². The molecule has 0 unspecified atom stereocenters. The molecule has 0 saturated carbocycles. The summed E-state index contributed by atoms with van der Waals surface area (Å²) in [6.45, 7) is -3.24. The van der Waals surface area contributed by atoms with Gasteiger partial charge in [0.2, 0.25) is 5.91 Å². The van der Waals surface area contributed by atoms with Gasteiger partial charge in [-0.1, -0.05) is 0 Å². The van der Waals surface area contributed by atoms with Gasteiger partial charge in [0.05, 0.1) is 11.9 Å². The fourth-order valence-electron chi connectivity index (χ4n) is 1.58. The molecule has 2 rings (SSSR count). The van der Waals surface area contributed by atoms with E-state index in [1.807, 2.05) is 0 Å². The number of amides is 1. The molecule has 3 N–H and O–H groups in total. The third-order valence-electron chi connectivity index (χ3n) is 2.39. The van der Waals surface area contributed by atoms with E-state index >= 15 is 0 Å². The Labute approximate surface area is 117 Å². The molecule has 0 aliphatic carbocycles. The van der Waals surface area contributed by atoms with E-state index in [1.165, 1.54) is 23.1 Å². The van der Waals surface area contributed by atoms with Gasteiger partial charge < -0.3 is 15.8 Å². The van der Waals surface area contributed by atoms with Gasteiger partial charge in [0.1, 0.15) is 6.54 Å². The number of nitrogen functional groups attached to an aromatic ring is 1. The second-order valence-electron chi connectivity index (χ2n) is 4.04. The molecule has 0 saturated heterocycles. The van der Waals surface area contributed by atoms with Crippen LogP contribution in [0, 0.1) is 5.82 Å². The van der Waals surface area contributed by atoms with Crippen LogP contribution in [0.15, 0.2) is 30.6 Å². The van der Waals surface area contributed by atoms with Crippen LogP contribution in [0.4, 0.5) is 24.5 Å². The summed E-state index contributed by atoms with van der Waals surface area (Å²) in [4.78, 5) is 11.7. The number of ether oxygens (including phenoxy) is 1. The molecule has 0 atom stereocenters. The van der Waals surface area contributed by atoms with Crippen LogP contribution < -0.4 is 15.8 Å². The van der Waals surface area contributed by atoms with Crippen LogP contribution in [-0.2, 0) is 11.3 Å². The number of halogens is 3. The summed E-state index contributed by atoms with van der Waals surface area (Å²) in [5, 5.41) is 6.21. The van der Waals surface area contributed by atoms with Gasteiger partial charge in [-0.3, -0.25) is 9.48 Å². The zero-order chi connectivity index (χ0) is 15.4. The second kappa shape index (κ2) is 6.16. The Morgan fingerprint density at radius 2 is 2.24 bits per heavy atom. The molecule has 112 valence electrons. The quantitative estimate of drug-likeness (QED) is 0.882. The lowest BCUT2D eigenvalue weighted by Gasteiger charge is -2.09. The highest BCUT2D eigenvalue weighted by molar-refractivity contribution is 5.90. The van der Waals surface area contributed by atoms with Gasteiger partial charge in [-0.15, -0.1) is 0 Å². The normalized spacial score (nSPS) is 10.7. The lowest BCUT2D eigenvalue weighted by molar-refractivity contribution is -0.116. The summed E-state index contributed by atoms with van der Waals surface area (Å²) >= 11 is 0. The molecule has 0 spiro atoms. The number of hydrogen-bond acceptors (Lipinski definition) is 4. The first-order chi connectivity index (χ1) is 9.94. The zero-order valence-corrected chi connectivity index (χ0v) is 10.6. The maximum atomic E-state index is 13.4. The molecule has 0 aliphatic heterocycles. The number of nitrogens with zero attached hydrogens (tertiary/aromatic N) is 2. The molecule has 2 aromatic rings. The Balaban J connectivity index is 1.99.